The molecule has 8 amide bonds. The Bertz CT molecular complexity index is 6510. The zero-order chi connectivity index (χ0) is 103. The van der Waals surface area contributed by atoms with E-state index in [-0.39, 0.29) is 102 Å². The maximum absolute atomic E-state index is 13.0. The molecule has 17 rings (SSSR count). The van der Waals surface area contributed by atoms with E-state index >= 15 is 0 Å². The van der Waals surface area contributed by atoms with Crippen LogP contribution < -0.4 is 51.5 Å². The van der Waals surface area contributed by atoms with E-state index in [4.69, 9.17) is 6.85 Å². The van der Waals surface area contributed by atoms with Crippen LogP contribution >= 0.6 is 0 Å². The number of pyridine rings is 6. The highest BCUT2D eigenvalue weighted by Gasteiger charge is 2.48. The first-order valence-corrected chi connectivity index (χ1v) is 43.8. The molecular formula is C94H100F12N28O4. The van der Waals surface area contributed by atoms with Crippen LogP contribution in [-0.4, -0.2) is 178 Å². The number of carbonyl (C=O) groups excluding carboxylic acids is 4. The van der Waals surface area contributed by atoms with Crippen LogP contribution in [-0.2, 0) is 30.2 Å². The van der Waals surface area contributed by atoms with Crippen LogP contribution in [0.15, 0.2) is 196 Å². The topological polar surface area (TPSA) is 358 Å². The number of amides is 8. The number of nitrogens with one attached hydrogen (secondary N) is 6. The molecule has 44 heteroatoms. The molecule has 4 aliphatic heterocycles. The van der Waals surface area contributed by atoms with Gasteiger partial charge in [-0.15, -0.1) is 0 Å². The van der Waals surface area contributed by atoms with Gasteiger partial charge in [0.1, 0.15) is 40.4 Å². The molecule has 7 atom stereocenters. The van der Waals surface area contributed by atoms with Crippen molar-refractivity contribution in [1.82, 2.24) is 99.8 Å². The lowest BCUT2D eigenvalue weighted by Gasteiger charge is -2.25. The van der Waals surface area contributed by atoms with Gasteiger partial charge in [0.15, 0.2) is 0 Å². The van der Waals surface area contributed by atoms with Gasteiger partial charge in [-0.05, 0) is 177 Å². The molecule has 15 heterocycles. The second kappa shape index (κ2) is 40.9. The van der Waals surface area contributed by atoms with E-state index in [0.717, 1.165) is 72.4 Å². The van der Waals surface area contributed by atoms with Crippen molar-refractivity contribution >= 4 is 71.2 Å². The number of rotatable bonds is 24. The highest BCUT2D eigenvalue weighted by Crippen LogP contribution is 2.48. The predicted molar refractivity (Wildman–Crippen MR) is 492 cm³/mol. The van der Waals surface area contributed by atoms with Gasteiger partial charge in [-0.3, -0.25) is 49.5 Å². The van der Waals surface area contributed by atoms with E-state index in [1.807, 2.05) is 62.3 Å². The fourth-order valence-electron chi connectivity index (χ4n) is 15.5. The number of halogens is 12. The predicted octanol–water partition coefficient (Wildman–Crippen LogP) is 19.1. The first-order chi connectivity index (χ1) is 67.3. The summed E-state index contributed by atoms with van der Waals surface area (Å²) in [4.78, 5) is 122. The molecule has 724 valence electrons. The van der Waals surface area contributed by atoms with Crippen molar-refractivity contribution in [2.24, 2.45) is 23.7 Å². The summed E-state index contributed by atoms with van der Waals surface area (Å²) >= 11 is 0. The smallest absolute Gasteiger partial charge is 0.346 e. The van der Waals surface area contributed by atoms with E-state index in [1.165, 1.54) is 77.3 Å². The van der Waals surface area contributed by atoms with Crippen LogP contribution in [0.4, 0.5) is 119 Å². The Hall–Kier alpha value is -14.9. The zero-order valence-electron chi connectivity index (χ0n) is 81.4. The van der Waals surface area contributed by atoms with Gasteiger partial charge < -0.3 is 46.3 Å². The van der Waals surface area contributed by atoms with Gasteiger partial charge in [-0.2, -0.15) is 72.6 Å². The quantitative estimate of drug-likeness (QED) is 0.0306. The van der Waals surface area contributed by atoms with E-state index < -0.39 is 84.5 Å². The number of likely N-dealkylation sites (N-methyl/N-ethyl adjacent to an activating group) is 2. The van der Waals surface area contributed by atoms with E-state index in [9.17, 15) is 71.9 Å². The normalized spacial score (nSPS) is 18.7. The number of alkyl halides is 12. The number of anilines is 8. The van der Waals surface area contributed by atoms with Crippen LogP contribution in [0, 0.1) is 23.7 Å². The molecule has 4 saturated heterocycles. The van der Waals surface area contributed by atoms with Crippen molar-refractivity contribution in [3.63, 3.8) is 0 Å². The summed E-state index contributed by atoms with van der Waals surface area (Å²) in [7, 11) is 1.78. The van der Waals surface area contributed by atoms with Gasteiger partial charge in [0.05, 0.1) is 85.2 Å². The number of imidazole rings is 1. The molecule has 0 radical (unpaired) electrons. The summed E-state index contributed by atoms with van der Waals surface area (Å²) in [5.74, 6) is 3.01. The largest absolute Gasteiger partial charge is 0.433 e. The van der Waals surface area contributed by atoms with Crippen molar-refractivity contribution in [3.8, 4) is 39.1 Å². The number of urea groups is 4. The van der Waals surface area contributed by atoms with Crippen LogP contribution in [0.5, 0.6) is 0 Å². The molecule has 6 N–H and O–H groups in total. The summed E-state index contributed by atoms with van der Waals surface area (Å²) < 4.78 is 196. The zero-order valence-corrected chi connectivity index (χ0v) is 76.4. The average molecular weight is 1920 g/mol. The van der Waals surface area contributed by atoms with Gasteiger partial charge in [0.2, 0.25) is 23.8 Å². The van der Waals surface area contributed by atoms with Crippen LogP contribution in [0.25, 0.3) is 39.1 Å². The SMILES string of the molecule is CC(C)[C@H]1CN(C)C(=O)N1c1ccnc(NC2(c3ccc(-c4ccnc(C(F)(F)F)c4)cn3)CC2)n1.CC(C)[C@H]1CNC(=O)N1c1ccnc(N[C@@H](C)c2ccc(-c3ccnc(C(F)(F)F)c3)cn2)n1.[2H]C([2H])([2H])N1C[C@H](C(C)C)N(c2ccnc(N[C@@H](C)c3cn(-c4ccc(C(F)(F)F)cc4)cn3)n2)C1=O.[2H]C1([2H])NC(=O)N(c2ccnc(N[C@@H](C)c3ccc(-c4ccnc(C(F)(F)F)c4)cn3)n2)[C@H]1C(C)C. The van der Waals surface area contributed by atoms with Crippen LogP contribution in [0.1, 0.15) is 159 Å². The minimum Gasteiger partial charge on any atom is -0.346 e. The van der Waals surface area contributed by atoms with Gasteiger partial charge >= 0.3 is 48.8 Å². The summed E-state index contributed by atoms with van der Waals surface area (Å²) in [6.45, 7) is 18.0. The van der Waals surface area contributed by atoms with Gasteiger partial charge in [0.25, 0.3) is 0 Å². The summed E-state index contributed by atoms with van der Waals surface area (Å²) in [5, 5.41) is 17.9. The molecular weight excluding hydrogens is 1810 g/mol. The van der Waals surface area contributed by atoms with Gasteiger partial charge in [0, 0.05) is 135 Å². The third-order valence-electron chi connectivity index (χ3n) is 23.3. The Morgan fingerprint density at radius 2 is 0.783 bits per heavy atom. The molecule has 11 aromatic heterocycles. The van der Waals surface area contributed by atoms with E-state index in [1.54, 1.807) is 106 Å². The Labute approximate surface area is 793 Å². The Morgan fingerprint density at radius 1 is 0.399 bits per heavy atom. The van der Waals surface area contributed by atoms with Crippen LogP contribution in [0.2, 0.25) is 0 Å². The molecule has 138 heavy (non-hydrogen) atoms. The summed E-state index contributed by atoms with van der Waals surface area (Å²) in [5.41, 5.74) is 1.76. The van der Waals surface area contributed by atoms with Crippen molar-refractivity contribution in [2.75, 3.05) is 81.0 Å². The lowest BCUT2D eigenvalue weighted by molar-refractivity contribution is -0.141. The maximum Gasteiger partial charge on any atom is 0.433 e. The molecule has 0 bridgehead atoms. The number of carbonyl (C=O) groups is 4. The Morgan fingerprint density at radius 3 is 1.18 bits per heavy atom. The number of nitrogens with zero attached hydrogens (tertiary/aromatic N) is 22. The highest BCUT2D eigenvalue weighted by molar-refractivity contribution is 5.96. The second-order valence-corrected chi connectivity index (χ2v) is 34.6. The molecule has 0 unspecified atom stereocenters. The third-order valence-corrected chi connectivity index (χ3v) is 23.3. The lowest BCUT2D eigenvalue weighted by Crippen LogP contribution is -2.38. The molecule has 1 aliphatic carbocycles. The summed E-state index contributed by atoms with van der Waals surface area (Å²) in [6.07, 6.45) is 0.901. The minimum atomic E-state index is -4.54. The minimum absolute atomic E-state index is 0.00654. The van der Waals surface area contributed by atoms with Gasteiger partial charge in [-0.1, -0.05) is 73.6 Å². The van der Waals surface area contributed by atoms with Crippen molar-refractivity contribution in [2.45, 2.75) is 162 Å². The Kier molecular flexibility index (Phi) is 27.3. The number of hydrogen-bond acceptors (Lipinski definition) is 23. The molecule has 0 spiro atoms. The monoisotopic (exact) mass is 1920 g/mol. The average Bonchev–Trinajstić information content (AvgIpc) is 1.61. The van der Waals surface area contributed by atoms with E-state index in [2.05, 4.69) is 121 Å². The molecule has 1 aromatic carbocycles. The standard InChI is InChI=1S/C25H26F3N7O.C23H26F3N7O.2C23H24F3N7O/c1-15(2)18-14-34(3)23(36)35(18)21-7-11-30-22(32-21)33-24(8-9-24)19-5-4-17(13-31-19)16-6-10-29-20(12-16)25(26,27)28;1-14(2)19-12-31(4)22(34)33(19)20-9-10-27-21(30-20)29-15(3)18-11-32(13-28-18)17-7-5-16(6-8-17)23(24,25)26;2*1-13(2)18-12-30-22(34)33(18)20-7-9-28-21(32-20)31-14(3)17-5-4-16(11-29-17)15-6-8-27-19(10-15)23(24,25)26/h4-7,10-13,15,18H,8-9,14H2,1-3H3,(H,30,32,33);5-11,13-15,19H,12H2,1-4H3,(H,27,29,30);2*4-11,13-14,18H,12H2,1-3H3,(H,30,34)(H,28,31,32)/t18-;15-,19+;2*14-,18+/m1000/s1/i;4D3;12D2;. The van der Waals surface area contributed by atoms with Gasteiger partial charge in [-0.25, -0.2) is 44.1 Å². The fourth-order valence-corrected chi connectivity index (χ4v) is 15.5. The number of aromatic nitrogens is 16. The van der Waals surface area contributed by atoms with Crippen molar-refractivity contribution in [1.29, 1.82) is 0 Å². The molecule has 32 nitrogen and oxygen atoms in total. The Balaban J connectivity index is 0.000000151. The first-order valence-electron chi connectivity index (χ1n) is 46.3. The molecule has 1 saturated carbocycles. The van der Waals surface area contributed by atoms with E-state index in [0.29, 0.717) is 92.8 Å². The van der Waals surface area contributed by atoms with Crippen molar-refractivity contribution in [3.05, 3.63) is 241 Å². The fraction of sp³-hybridized carbons (Fsp3) is 0.372. The lowest BCUT2D eigenvalue weighted by atomic mass is 10.0. The summed E-state index contributed by atoms with van der Waals surface area (Å²) in [6, 6.07) is 25.4. The van der Waals surface area contributed by atoms with Crippen molar-refractivity contribution < 1.29 is 78.7 Å². The molecule has 5 aliphatic rings. The number of benzene rings is 1. The van der Waals surface area contributed by atoms with Crippen LogP contribution in [0.3, 0.4) is 0 Å². The number of hydrogen-bond donors (Lipinski definition) is 6. The third kappa shape index (κ3) is 23.2. The first kappa shape index (κ1) is 92.2. The second-order valence-electron chi connectivity index (χ2n) is 34.6. The molecule has 5 fully saturated rings. The molecule has 12 aromatic rings. The maximum atomic E-state index is 13.0. The highest BCUT2D eigenvalue weighted by atomic mass is 19.4.